The number of aromatic nitrogens is 2. The number of anilines is 1. The van der Waals surface area contributed by atoms with Gasteiger partial charge >= 0.3 is 0 Å². The molecule has 1 saturated heterocycles. The van der Waals surface area contributed by atoms with Gasteiger partial charge in [-0.1, -0.05) is 0 Å². The van der Waals surface area contributed by atoms with E-state index < -0.39 is 4.92 Å². The molecular weight excluding hydrogens is 334 g/mol. The van der Waals surface area contributed by atoms with Crippen molar-refractivity contribution in [3.63, 3.8) is 0 Å². The van der Waals surface area contributed by atoms with Crippen molar-refractivity contribution < 1.29 is 9.72 Å². The molecule has 0 spiro atoms. The Morgan fingerprint density at radius 1 is 1.42 bits per heavy atom. The number of aryl methyl sites for hydroxylation is 1. The monoisotopic (exact) mass is 357 g/mol. The molecule has 1 atom stereocenters. The first-order valence-electron chi connectivity index (χ1n) is 8.71. The highest BCUT2D eigenvalue weighted by Gasteiger charge is 2.32. The topological polar surface area (TPSA) is 93.3 Å². The van der Waals surface area contributed by atoms with E-state index in [1.54, 1.807) is 23.0 Å². The van der Waals surface area contributed by atoms with Crippen LogP contribution in [0.5, 0.6) is 0 Å². The molecule has 0 saturated carbocycles. The SMILES string of the molecule is CC(C)NC(=O)c1ccc(N2CCCC2c2cnn(C)c2)c([N+](=O)[O-])c1. The van der Waals surface area contributed by atoms with E-state index in [-0.39, 0.29) is 23.7 Å². The largest absolute Gasteiger partial charge is 0.359 e. The Hall–Kier alpha value is -2.90. The zero-order valence-corrected chi connectivity index (χ0v) is 15.2. The van der Waals surface area contributed by atoms with E-state index in [0.717, 1.165) is 24.9 Å². The summed E-state index contributed by atoms with van der Waals surface area (Å²) >= 11 is 0. The molecule has 2 heterocycles. The summed E-state index contributed by atoms with van der Waals surface area (Å²) in [6, 6.07) is 4.72. The number of hydrogen-bond acceptors (Lipinski definition) is 5. The quantitative estimate of drug-likeness (QED) is 0.656. The Morgan fingerprint density at radius 2 is 2.19 bits per heavy atom. The molecule has 26 heavy (non-hydrogen) atoms. The van der Waals surface area contributed by atoms with Crippen LogP contribution in [0.4, 0.5) is 11.4 Å². The second kappa shape index (κ2) is 7.15. The van der Waals surface area contributed by atoms with Gasteiger partial charge in [-0.2, -0.15) is 5.10 Å². The average molecular weight is 357 g/mol. The third-order valence-corrected chi connectivity index (χ3v) is 4.53. The van der Waals surface area contributed by atoms with Gasteiger partial charge in [0.15, 0.2) is 0 Å². The zero-order chi connectivity index (χ0) is 18.8. The van der Waals surface area contributed by atoms with E-state index in [0.29, 0.717) is 11.3 Å². The number of benzene rings is 1. The molecule has 138 valence electrons. The third kappa shape index (κ3) is 3.54. The van der Waals surface area contributed by atoms with Gasteiger partial charge in [-0.05, 0) is 38.8 Å². The second-order valence-electron chi connectivity index (χ2n) is 6.89. The number of rotatable bonds is 5. The van der Waals surface area contributed by atoms with Crippen LogP contribution in [-0.4, -0.2) is 33.2 Å². The third-order valence-electron chi connectivity index (χ3n) is 4.53. The number of carbonyl (C=O) groups excluding carboxylic acids is 1. The van der Waals surface area contributed by atoms with Gasteiger partial charge in [-0.15, -0.1) is 0 Å². The van der Waals surface area contributed by atoms with Gasteiger partial charge in [-0.25, -0.2) is 0 Å². The van der Waals surface area contributed by atoms with Gasteiger partial charge < -0.3 is 10.2 Å². The summed E-state index contributed by atoms with van der Waals surface area (Å²) in [7, 11) is 1.85. The first-order chi connectivity index (χ1) is 12.4. The highest BCUT2D eigenvalue weighted by atomic mass is 16.6. The van der Waals surface area contributed by atoms with Gasteiger partial charge in [0.2, 0.25) is 0 Å². The molecule has 1 N–H and O–H groups in total. The van der Waals surface area contributed by atoms with E-state index in [9.17, 15) is 14.9 Å². The summed E-state index contributed by atoms with van der Waals surface area (Å²) in [5, 5.41) is 18.6. The predicted octanol–water partition coefficient (Wildman–Crippen LogP) is 2.81. The number of nitro benzene ring substituents is 1. The number of nitrogens with zero attached hydrogens (tertiary/aromatic N) is 4. The maximum atomic E-state index is 12.2. The van der Waals surface area contributed by atoms with Crippen LogP contribution >= 0.6 is 0 Å². The lowest BCUT2D eigenvalue weighted by atomic mass is 10.1. The van der Waals surface area contributed by atoms with Crippen LogP contribution in [-0.2, 0) is 7.05 Å². The summed E-state index contributed by atoms with van der Waals surface area (Å²) in [4.78, 5) is 25.5. The van der Waals surface area contributed by atoms with Crippen LogP contribution in [0.1, 0.15) is 48.7 Å². The molecule has 1 aromatic heterocycles. The fourth-order valence-corrected chi connectivity index (χ4v) is 3.41. The number of nitro groups is 1. The van der Waals surface area contributed by atoms with E-state index in [2.05, 4.69) is 10.4 Å². The lowest BCUT2D eigenvalue weighted by Gasteiger charge is -2.26. The number of carbonyl (C=O) groups is 1. The van der Waals surface area contributed by atoms with Crippen molar-refractivity contribution >= 4 is 17.3 Å². The van der Waals surface area contributed by atoms with Crippen LogP contribution in [0, 0.1) is 10.1 Å². The summed E-state index contributed by atoms with van der Waals surface area (Å²) in [5.41, 5.74) is 1.84. The van der Waals surface area contributed by atoms with Gasteiger partial charge in [0.25, 0.3) is 11.6 Å². The van der Waals surface area contributed by atoms with Crippen molar-refractivity contribution in [3.8, 4) is 0 Å². The van der Waals surface area contributed by atoms with Crippen molar-refractivity contribution in [1.29, 1.82) is 0 Å². The summed E-state index contributed by atoms with van der Waals surface area (Å²) in [6.45, 7) is 4.44. The standard InChI is InChI=1S/C18H23N5O3/c1-12(2)20-18(24)13-6-7-16(17(9-13)23(25)26)22-8-4-5-15(22)14-10-19-21(3)11-14/h6-7,9-12,15H,4-5,8H2,1-3H3,(H,20,24). The molecule has 1 aliphatic heterocycles. The molecule has 0 aliphatic carbocycles. The summed E-state index contributed by atoms with van der Waals surface area (Å²) < 4.78 is 1.74. The smallest absolute Gasteiger partial charge is 0.293 e. The molecule has 1 unspecified atom stereocenters. The first kappa shape index (κ1) is 17.9. The average Bonchev–Trinajstić information content (AvgIpc) is 3.22. The van der Waals surface area contributed by atoms with Crippen molar-refractivity contribution in [2.45, 2.75) is 38.8 Å². The molecule has 2 aromatic rings. The normalized spacial score (nSPS) is 16.9. The van der Waals surface area contributed by atoms with E-state index in [1.165, 1.54) is 6.07 Å². The van der Waals surface area contributed by atoms with Crippen molar-refractivity contribution in [2.24, 2.45) is 7.05 Å². The molecule has 1 amide bonds. The van der Waals surface area contributed by atoms with Crippen LogP contribution in [0.25, 0.3) is 0 Å². The first-order valence-corrected chi connectivity index (χ1v) is 8.71. The van der Waals surface area contributed by atoms with Crippen LogP contribution in [0.3, 0.4) is 0 Å². The highest BCUT2D eigenvalue weighted by molar-refractivity contribution is 5.96. The Kier molecular flexibility index (Phi) is 4.92. The van der Waals surface area contributed by atoms with Gasteiger partial charge in [0, 0.05) is 43.0 Å². The molecule has 1 aliphatic rings. The number of nitrogens with one attached hydrogen (secondary N) is 1. The lowest BCUT2D eigenvalue weighted by Crippen LogP contribution is -2.30. The molecular formula is C18H23N5O3. The summed E-state index contributed by atoms with van der Waals surface area (Å²) in [6.07, 6.45) is 5.61. The Labute approximate surface area is 151 Å². The molecule has 1 fully saturated rings. The maximum absolute atomic E-state index is 12.2. The van der Waals surface area contributed by atoms with Crippen LogP contribution < -0.4 is 10.2 Å². The molecule has 1 aromatic carbocycles. The fraction of sp³-hybridized carbons (Fsp3) is 0.444. The van der Waals surface area contributed by atoms with Gasteiger partial charge in [0.1, 0.15) is 5.69 Å². The fourth-order valence-electron chi connectivity index (χ4n) is 3.41. The second-order valence-corrected chi connectivity index (χ2v) is 6.89. The van der Waals surface area contributed by atoms with Crippen LogP contribution in [0.15, 0.2) is 30.6 Å². The van der Waals surface area contributed by atoms with Gasteiger partial charge in [-0.3, -0.25) is 19.6 Å². The van der Waals surface area contributed by atoms with Crippen molar-refractivity contribution in [1.82, 2.24) is 15.1 Å². The molecule has 0 radical (unpaired) electrons. The molecule has 0 bridgehead atoms. The Balaban J connectivity index is 1.96. The van der Waals surface area contributed by atoms with E-state index in [1.807, 2.05) is 32.0 Å². The number of hydrogen-bond donors (Lipinski definition) is 1. The van der Waals surface area contributed by atoms with Crippen molar-refractivity contribution in [3.05, 3.63) is 51.8 Å². The molecule has 8 nitrogen and oxygen atoms in total. The Morgan fingerprint density at radius 3 is 2.81 bits per heavy atom. The van der Waals surface area contributed by atoms with E-state index in [4.69, 9.17) is 0 Å². The number of amides is 1. The summed E-state index contributed by atoms with van der Waals surface area (Å²) in [5.74, 6) is -0.306. The highest BCUT2D eigenvalue weighted by Crippen LogP contribution is 2.40. The van der Waals surface area contributed by atoms with Gasteiger partial charge in [0.05, 0.1) is 17.2 Å². The lowest BCUT2D eigenvalue weighted by molar-refractivity contribution is -0.384. The van der Waals surface area contributed by atoms with E-state index >= 15 is 0 Å². The Bertz CT molecular complexity index is 830. The molecule has 8 heteroatoms. The minimum absolute atomic E-state index is 0.0326. The zero-order valence-electron chi connectivity index (χ0n) is 15.2. The van der Waals surface area contributed by atoms with Crippen LogP contribution in [0.2, 0.25) is 0 Å². The minimum Gasteiger partial charge on any atom is -0.359 e. The molecule has 3 rings (SSSR count). The maximum Gasteiger partial charge on any atom is 0.293 e. The van der Waals surface area contributed by atoms with Crippen molar-refractivity contribution in [2.75, 3.05) is 11.4 Å². The minimum atomic E-state index is -0.417. The predicted molar refractivity (Wildman–Crippen MR) is 98.2 cm³/mol.